The molecule has 0 radical (unpaired) electrons. The molecule has 4 N–H and O–H groups in total. The molecule has 1 heterocycles. The fourth-order valence-corrected chi connectivity index (χ4v) is 1.48. The number of nitrogens with one attached hydrogen (secondary N) is 1. The molecule has 2 aromatic rings. The van der Waals surface area contributed by atoms with Gasteiger partial charge in [-0.15, -0.1) is 0 Å². The van der Waals surface area contributed by atoms with Crippen molar-refractivity contribution in [3.8, 4) is 0 Å². The van der Waals surface area contributed by atoms with Gasteiger partial charge in [-0.2, -0.15) is 0 Å². The predicted octanol–water partition coefficient (Wildman–Crippen LogP) is 1.02. The second kappa shape index (κ2) is 5.13. The van der Waals surface area contributed by atoms with E-state index in [1.165, 1.54) is 12.3 Å². The second-order valence-electron chi connectivity index (χ2n) is 3.61. The van der Waals surface area contributed by atoms with Crippen LogP contribution >= 0.6 is 0 Å². The van der Waals surface area contributed by atoms with Gasteiger partial charge in [0.15, 0.2) is 0 Å². The van der Waals surface area contributed by atoms with E-state index in [1.54, 1.807) is 24.3 Å². The molecule has 0 saturated heterocycles. The first kappa shape index (κ1) is 12.5. The van der Waals surface area contributed by atoms with Gasteiger partial charge in [0.05, 0.1) is 11.3 Å². The molecule has 1 aromatic heterocycles. The Morgan fingerprint density at radius 3 is 2.63 bits per heavy atom. The molecule has 0 atom stereocenters. The number of carboxylic acids is 1. The molecule has 19 heavy (non-hydrogen) atoms. The van der Waals surface area contributed by atoms with Gasteiger partial charge in [-0.1, -0.05) is 12.1 Å². The number of carbonyl (C=O) groups excluding carboxylic acids is 1. The predicted molar refractivity (Wildman–Crippen MR) is 67.2 cm³/mol. The Kier molecular flexibility index (Phi) is 3.37. The normalized spacial score (nSPS) is 9.89. The summed E-state index contributed by atoms with van der Waals surface area (Å²) in [6, 6.07) is 8.08. The third kappa shape index (κ3) is 2.83. The van der Waals surface area contributed by atoms with Crippen LogP contribution in [0.1, 0.15) is 21.0 Å². The highest BCUT2D eigenvalue weighted by Gasteiger charge is 2.10. The molecule has 0 aliphatic heterocycles. The van der Waals surface area contributed by atoms with E-state index < -0.39 is 11.9 Å². The number of amides is 1. The maximum atomic E-state index is 11.2. The number of hydrogen-bond donors (Lipinski definition) is 3. The van der Waals surface area contributed by atoms with Gasteiger partial charge in [0.25, 0.3) is 5.91 Å². The Balaban J connectivity index is 2.34. The van der Waals surface area contributed by atoms with Gasteiger partial charge < -0.3 is 16.2 Å². The average Bonchev–Trinajstić information content (AvgIpc) is 2.39. The number of nitrogens with two attached hydrogens (primary N) is 1. The molecule has 0 aliphatic rings. The first-order chi connectivity index (χ1) is 9.08. The van der Waals surface area contributed by atoms with Crippen LogP contribution in [0.2, 0.25) is 0 Å². The Bertz CT molecular complexity index is 642. The van der Waals surface area contributed by atoms with E-state index in [9.17, 15) is 9.59 Å². The van der Waals surface area contributed by atoms with Gasteiger partial charge in [0.2, 0.25) is 5.82 Å². The van der Waals surface area contributed by atoms with E-state index in [4.69, 9.17) is 10.8 Å². The topological polar surface area (TPSA) is 118 Å². The van der Waals surface area contributed by atoms with E-state index >= 15 is 0 Å². The third-order valence-corrected chi connectivity index (χ3v) is 2.30. The summed E-state index contributed by atoms with van der Waals surface area (Å²) in [5.41, 5.74) is 5.98. The lowest BCUT2D eigenvalue weighted by Crippen LogP contribution is -2.13. The number of hydrogen-bond acceptors (Lipinski definition) is 5. The molecule has 0 spiro atoms. The first-order valence-corrected chi connectivity index (χ1v) is 5.30. The minimum Gasteiger partial charge on any atom is -0.475 e. The number of aromatic nitrogens is 2. The van der Waals surface area contributed by atoms with Crippen LogP contribution in [0, 0.1) is 0 Å². The summed E-state index contributed by atoms with van der Waals surface area (Å²) < 4.78 is 0. The molecule has 0 saturated carbocycles. The lowest BCUT2D eigenvalue weighted by atomic mass is 10.1. The lowest BCUT2D eigenvalue weighted by molar-refractivity contribution is 0.0683. The van der Waals surface area contributed by atoms with Crippen molar-refractivity contribution >= 4 is 23.4 Å². The van der Waals surface area contributed by atoms with Crippen LogP contribution in [0.3, 0.4) is 0 Å². The number of benzene rings is 1. The van der Waals surface area contributed by atoms with Crippen molar-refractivity contribution in [3.05, 3.63) is 47.9 Å². The number of para-hydroxylation sites is 1. The highest BCUT2D eigenvalue weighted by atomic mass is 16.4. The molecule has 7 nitrogen and oxygen atoms in total. The summed E-state index contributed by atoms with van der Waals surface area (Å²) in [6.45, 7) is 0. The summed E-state index contributed by atoms with van der Waals surface area (Å²) in [4.78, 5) is 29.4. The van der Waals surface area contributed by atoms with Crippen molar-refractivity contribution in [2.45, 2.75) is 0 Å². The Labute approximate surface area is 108 Å². The van der Waals surface area contributed by atoms with E-state index in [0.717, 1.165) is 0 Å². The van der Waals surface area contributed by atoms with Crippen LogP contribution in [-0.4, -0.2) is 27.0 Å². The molecule has 7 heteroatoms. The summed E-state index contributed by atoms with van der Waals surface area (Å²) in [5, 5.41) is 11.6. The largest absolute Gasteiger partial charge is 0.475 e. The molecule has 1 amide bonds. The van der Waals surface area contributed by atoms with Gasteiger partial charge in [-0.3, -0.25) is 4.79 Å². The van der Waals surface area contributed by atoms with Crippen molar-refractivity contribution in [2.24, 2.45) is 5.73 Å². The zero-order valence-electron chi connectivity index (χ0n) is 9.70. The maximum absolute atomic E-state index is 11.2. The maximum Gasteiger partial charge on any atom is 0.374 e. The fraction of sp³-hybridized carbons (Fsp3) is 0. The standard InChI is InChI=1S/C12H10N4O3/c13-10(17)7-3-1-2-4-8(7)15-9-5-6-14-11(16-9)12(18)19/h1-6H,(H2,13,17)(H,18,19)(H,14,15,16). The lowest BCUT2D eigenvalue weighted by Gasteiger charge is -2.09. The summed E-state index contributed by atoms with van der Waals surface area (Å²) in [6.07, 6.45) is 1.31. The number of aromatic carboxylic acids is 1. The van der Waals surface area contributed by atoms with Crippen LogP contribution in [0.25, 0.3) is 0 Å². The molecule has 0 aliphatic carbocycles. The van der Waals surface area contributed by atoms with Crippen LogP contribution in [0.4, 0.5) is 11.5 Å². The number of carboxylic acid groups (broad SMARTS) is 1. The van der Waals surface area contributed by atoms with Gasteiger partial charge in [-0.25, -0.2) is 14.8 Å². The number of nitrogens with zero attached hydrogens (tertiary/aromatic N) is 2. The van der Waals surface area contributed by atoms with Gasteiger partial charge in [0.1, 0.15) is 5.82 Å². The fourth-order valence-electron chi connectivity index (χ4n) is 1.48. The zero-order valence-corrected chi connectivity index (χ0v) is 9.70. The van der Waals surface area contributed by atoms with Crippen molar-refractivity contribution in [3.63, 3.8) is 0 Å². The van der Waals surface area contributed by atoms with E-state index in [1.807, 2.05) is 0 Å². The molecule has 0 fully saturated rings. The average molecular weight is 258 g/mol. The minimum atomic E-state index is -1.23. The monoisotopic (exact) mass is 258 g/mol. The first-order valence-electron chi connectivity index (χ1n) is 5.30. The highest BCUT2D eigenvalue weighted by Crippen LogP contribution is 2.18. The summed E-state index contributed by atoms with van der Waals surface area (Å²) in [7, 11) is 0. The SMILES string of the molecule is NC(=O)c1ccccc1Nc1ccnc(C(=O)O)n1. The number of primary amides is 1. The molecule has 96 valence electrons. The van der Waals surface area contributed by atoms with Gasteiger partial charge in [-0.05, 0) is 18.2 Å². The van der Waals surface area contributed by atoms with E-state index in [0.29, 0.717) is 5.69 Å². The Hall–Kier alpha value is -2.96. The second-order valence-corrected chi connectivity index (χ2v) is 3.61. The molecule has 0 bridgehead atoms. The van der Waals surface area contributed by atoms with Crippen LogP contribution in [0.5, 0.6) is 0 Å². The third-order valence-electron chi connectivity index (χ3n) is 2.30. The van der Waals surface area contributed by atoms with E-state index in [2.05, 4.69) is 15.3 Å². The smallest absolute Gasteiger partial charge is 0.374 e. The Morgan fingerprint density at radius 1 is 1.21 bits per heavy atom. The summed E-state index contributed by atoms with van der Waals surface area (Å²) >= 11 is 0. The number of rotatable bonds is 4. The van der Waals surface area contributed by atoms with Gasteiger partial charge in [0, 0.05) is 6.20 Å². The molecular formula is C12H10N4O3. The van der Waals surface area contributed by atoms with E-state index in [-0.39, 0.29) is 17.2 Å². The Morgan fingerprint density at radius 2 is 1.95 bits per heavy atom. The van der Waals surface area contributed by atoms with Crippen molar-refractivity contribution < 1.29 is 14.7 Å². The van der Waals surface area contributed by atoms with Crippen molar-refractivity contribution in [2.75, 3.05) is 5.32 Å². The molecular weight excluding hydrogens is 248 g/mol. The number of anilines is 2. The van der Waals surface area contributed by atoms with Crippen molar-refractivity contribution in [1.29, 1.82) is 0 Å². The zero-order chi connectivity index (χ0) is 13.8. The quantitative estimate of drug-likeness (QED) is 0.753. The van der Waals surface area contributed by atoms with Crippen LogP contribution in [0.15, 0.2) is 36.5 Å². The van der Waals surface area contributed by atoms with Crippen LogP contribution in [-0.2, 0) is 0 Å². The van der Waals surface area contributed by atoms with Crippen LogP contribution < -0.4 is 11.1 Å². The highest BCUT2D eigenvalue weighted by molar-refractivity contribution is 5.99. The molecule has 1 aromatic carbocycles. The molecule has 2 rings (SSSR count). The molecule has 0 unspecified atom stereocenters. The summed E-state index contributed by atoms with van der Waals surface area (Å²) in [5.74, 6) is -1.88. The number of carbonyl (C=O) groups is 2. The minimum absolute atomic E-state index is 0.265. The van der Waals surface area contributed by atoms with Gasteiger partial charge >= 0.3 is 5.97 Å². The van der Waals surface area contributed by atoms with Crippen molar-refractivity contribution in [1.82, 2.24) is 9.97 Å².